The summed E-state index contributed by atoms with van der Waals surface area (Å²) >= 11 is 0. The van der Waals surface area contributed by atoms with E-state index >= 15 is 0 Å². The number of carbonyl (C=O) groups is 1. The highest BCUT2D eigenvalue weighted by Crippen LogP contribution is 2.67. The van der Waals surface area contributed by atoms with Gasteiger partial charge in [-0.05, 0) is 129 Å². The van der Waals surface area contributed by atoms with Gasteiger partial charge >= 0.3 is 5.97 Å². The van der Waals surface area contributed by atoms with Crippen LogP contribution in [-0.2, 0) is 14.0 Å². The molecule has 226 valence electrons. The van der Waals surface area contributed by atoms with Crippen LogP contribution in [0.4, 0.5) is 0 Å². The van der Waals surface area contributed by atoms with Gasteiger partial charge in [0.05, 0.1) is 19.1 Å². The van der Waals surface area contributed by atoms with Gasteiger partial charge < -0.3 is 9.16 Å². The summed E-state index contributed by atoms with van der Waals surface area (Å²) in [6, 6.07) is 0. The van der Waals surface area contributed by atoms with Crippen molar-refractivity contribution in [3.8, 4) is 0 Å². The van der Waals surface area contributed by atoms with Gasteiger partial charge in [-0.2, -0.15) is 0 Å². The van der Waals surface area contributed by atoms with Gasteiger partial charge in [-0.3, -0.25) is 4.79 Å². The Hall–Kier alpha value is -1.13. The Morgan fingerprint density at radius 2 is 1.75 bits per heavy atom. The molecule has 40 heavy (non-hydrogen) atoms. The number of fused-ring (bicyclic) bond motifs is 4. The highest BCUT2D eigenvalue weighted by atomic mass is 28.4. The van der Waals surface area contributed by atoms with Crippen molar-refractivity contribution in [2.75, 3.05) is 7.11 Å². The van der Waals surface area contributed by atoms with Crippen LogP contribution in [0, 0.1) is 34.0 Å². The minimum absolute atomic E-state index is 0.0136. The SMILES string of the molecule is COC(=O)[C@H](CCC=C(C)C)[C@H]1CC=C2C3=C(CC[C@@]21C)[C@@]1(C)CC[C@H](O[Si](C)(C)C(C)(C)C)C(C)(C)[C@H]1CC3. The molecule has 4 aliphatic carbocycles. The van der Waals surface area contributed by atoms with Gasteiger partial charge in [0.15, 0.2) is 8.32 Å². The molecule has 0 amide bonds. The Kier molecular flexibility index (Phi) is 8.63. The Balaban J connectivity index is 1.61. The van der Waals surface area contributed by atoms with Crippen LogP contribution in [0.2, 0.25) is 18.1 Å². The molecule has 0 unspecified atom stereocenters. The van der Waals surface area contributed by atoms with Crippen molar-refractivity contribution in [3.05, 3.63) is 34.4 Å². The van der Waals surface area contributed by atoms with E-state index in [1.54, 1.807) is 23.8 Å². The minimum Gasteiger partial charge on any atom is -0.469 e. The van der Waals surface area contributed by atoms with E-state index in [1.807, 2.05) is 0 Å². The van der Waals surface area contributed by atoms with Gasteiger partial charge in [-0.1, -0.05) is 71.8 Å². The lowest BCUT2D eigenvalue weighted by molar-refractivity contribution is -0.149. The molecule has 0 saturated heterocycles. The van der Waals surface area contributed by atoms with Crippen molar-refractivity contribution in [2.45, 2.75) is 144 Å². The fourth-order valence-corrected chi connectivity index (χ4v) is 10.7. The fraction of sp³-hybridized carbons (Fsp3) is 0.806. The molecule has 4 heteroatoms. The summed E-state index contributed by atoms with van der Waals surface area (Å²) in [4.78, 5) is 13.1. The number of hydrogen-bond donors (Lipinski definition) is 0. The van der Waals surface area contributed by atoms with Gasteiger partial charge in [0.2, 0.25) is 0 Å². The molecular weight excluding hydrogens is 508 g/mol. The molecule has 0 aromatic heterocycles. The third-order valence-corrected chi connectivity index (χ3v) is 17.1. The molecule has 1 fully saturated rings. The van der Waals surface area contributed by atoms with Crippen molar-refractivity contribution >= 4 is 14.3 Å². The van der Waals surface area contributed by atoms with Crippen LogP contribution >= 0.6 is 0 Å². The first-order valence-corrected chi connectivity index (χ1v) is 19.1. The van der Waals surface area contributed by atoms with Crippen LogP contribution in [0.3, 0.4) is 0 Å². The molecule has 0 N–H and O–H groups in total. The lowest BCUT2D eigenvalue weighted by Crippen LogP contribution is -2.57. The Labute approximate surface area is 247 Å². The van der Waals surface area contributed by atoms with Gasteiger partial charge in [-0.25, -0.2) is 0 Å². The van der Waals surface area contributed by atoms with Gasteiger partial charge in [0.1, 0.15) is 0 Å². The van der Waals surface area contributed by atoms with E-state index < -0.39 is 8.32 Å². The van der Waals surface area contributed by atoms with E-state index in [-0.39, 0.29) is 33.2 Å². The molecule has 0 bridgehead atoms. The molecule has 0 spiro atoms. The topological polar surface area (TPSA) is 35.5 Å². The van der Waals surface area contributed by atoms with E-state index in [1.165, 1.54) is 31.3 Å². The number of methoxy groups -OCH3 is 1. The number of hydrogen-bond acceptors (Lipinski definition) is 3. The summed E-state index contributed by atoms with van der Waals surface area (Å²) in [7, 11) is -0.266. The van der Waals surface area contributed by atoms with E-state index in [0.29, 0.717) is 17.9 Å². The highest BCUT2D eigenvalue weighted by Gasteiger charge is 2.59. The zero-order valence-electron chi connectivity index (χ0n) is 28.1. The second-order valence-electron chi connectivity index (χ2n) is 16.6. The summed E-state index contributed by atoms with van der Waals surface area (Å²) in [5.74, 6) is 0.942. The second kappa shape index (κ2) is 10.9. The highest BCUT2D eigenvalue weighted by molar-refractivity contribution is 6.74. The number of allylic oxidation sites excluding steroid dienone is 6. The first-order valence-electron chi connectivity index (χ1n) is 16.2. The average molecular weight is 569 g/mol. The van der Waals surface area contributed by atoms with Crippen LogP contribution in [0.25, 0.3) is 0 Å². The third kappa shape index (κ3) is 5.27. The molecule has 0 aromatic carbocycles. The summed E-state index contributed by atoms with van der Waals surface area (Å²) in [6.45, 7) is 26.3. The van der Waals surface area contributed by atoms with Crippen molar-refractivity contribution in [1.29, 1.82) is 0 Å². The molecule has 0 aromatic rings. The first kappa shape index (κ1) is 31.8. The maximum Gasteiger partial charge on any atom is 0.308 e. The van der Waals surface area contributed by atoms with E-state index in [4.69, 9.17) is 9.16 Å². The number of carbonyl (C=O) groups excluding carboxylic acids is 1. The van der Waals surface area contributed by atoms with Gasteiger partial charge in [0, 0.05) is 0 Å². The zero-order chi connectivity index (χ0) is 29.9. The molecule has 6 atom stereocenters. The molecule has 4 rings (SSSR count). The van der Waals surface area contributed by atoms with Crippen LogP contribution in [0.5, 0.6) is 0 Å². The fourth-order valence-electron chi connectivity index (χ4n) is 9.24. The number of ether oxygens (including phenoxy) is 1. The molecule has 1 saturated carbocycles. The van der Waals surface area contributed by atoms with Crippen LogP contribution in [0.1, 0.15) is 120 Å². The van der Waals surface area contributed by atoms with Crippen LogP contribution < -0.4 is 0 Å². The van der Waals surface area contributed by atoms with Crippen LogP contribution in [0.15, 0.2) is 34.4 Å². The van der Waals surface area contributed by atoms with E-state index in [9.17, 15) is 4.79 Å². The third-order valence-electron chi connectivity index (χ3n) is 12.7. The maximum atomic E-state index is 13.1. The predicted molar refractivity (Wildman–Crippen MR) is 171 cm³/mol. The average Bonchev–Trinajstić information content (AvgIpc) is 3.19. The van der Waals surface area contributed by atoms with E-state index in [0.717, 1.165) is 32.1 Å². The minimum atomic E-state index is -1.83. The molecule has 0 heterocycles. The standard InChI is InChI=1S/C36H60O3Si/c1-24(2)14-13-15-26(32(37)38-10)28-18-17-27-25-16-19-30-34(6,7)31(39-40(11,12)33(3,4)5)21-23-36(30,9)29(25)20-22-35(27,28)8/h14,17,26,28,30-31H,13,15-16,18-23H2,1-12H3/t26-,28-,30-,31+,35+,36-/m1/s1. The van der Waals surface area contributed by atoms with Crippen LogP contribution in [-0.4, -0.2) is 27.5 Å². The lowest BCUT2D eigenvalue weighted by atomic mass is 9.46. The monoisotopic (exact) mass is 568 g/mol. The smallest absolute Gasteiger partial charge is 0.308 e. The van der Waals surface area contributed by atoms with Gasteiger partial charge in [-0.15, -0.1) is 0 Å². The second-order valence-corrected chi connectivity index (χ2v) is 21.3. The molecule has 0 radical (unpaired) electrons. The largest absolute Gasteiger partial charge is 0.469 e. The molecular formula is C36H60O3Si. The molecule has 0 aliphatic heterocycles. The number of esters is 1. The van der Waals surface area contributed by atoms with Crippen molar-refractivity contribution in [3.63, 3.8) is 0 Å². The summed E-state index contributed by atoms with van der Waals surface area (Å²) in [5, 5.41) is 0.235. The zero-order valence-corrected chi connectivity index (χ0v) is 29.1. The Morgan fingerprint density at radius 3 is 2.35 bits per heavy atom. The van der Waals surface area contributed by atoms with Crippen molar-refractivity contribution in [1.82, 2.24) is 0 Å². The van der Waals surface area contributed by atoms with E-state index in [2.05, 4.69) is 87.6 Å². The van der Waals surface area contributed by atoms with Gasteiger partial charge in [0.25, 0.3) is 0 Å². The summed E-state index contributed by atoms with van der Waals surface area (Å²) < 4.78 is 12.5. The summed E-state index contributed by atoms with van der Waals surface area (Å²) in [6.07, 6.45) is 15.2. The van der Waals surface area contributed by atoms with Crippen molar-refractivity contribution in [2.24, 2.45) is 34.0 Å². The first-order chi connectivity index (χ1) is 18.4. The summed E-state index contributed by atoms with van der Waals surface area (Å²) in [5.41, 5.74) is 6.82. The normalized spacial score (nSPS) is 34.3. The molecule has 3 nitrogen and oxygen atoms in total. The number of rotatable bonds is 7. The molecule has 4 aliphatic rings. The quantitative estimate of drug-likeness (QED) is 0.174. The Bertz CT molecular complexity index is 1080. The maximum absolute atomic E-state index is 13.1. The van der Waals surface area contributed by atoms with Crippen molar-refractivity contribution < 1.29 is 14.0 Å². The Morgan fingerprint density at radius 1 is 1.07 bits per heavy atom. The predicted octanol–water partition coefficient (Wildman–Crippen LogP) is 10.2. The lowest BCUT2D eigenvalue weighted by Gasteiger charge is -2.61.